The number of thioether (sulfide) groups is 1. The number of aliphatic imine (C=N–C) groups is 2. The Morgan fingerprint density at radius 1 is 0.660 bits per heavy atom. The molecular weight excluding hydrogens is 1430 g/mol. The van der Waals surface area contributed by atoms with Gasteiger partial charge in [-0.15, -0.1) is 0 Å². The van der Waals surface area contributed by atoms with Crippen molar-refractivity contribution in [3.63, 3.8) is 0 Å². The number of fused-ring (bicyclic) bond motifs is 1. The maximum Gasteiger partial charge on any atom is 0.326 e. The summed E-state index contributed by atoms with van der Waals surface area (Å²) in [5.74, 6) is -10.4. The largest absolute Gasteiger partial charge is 0.480 e. The molecule has 0 saturated carbocycles. The average Bonchev–Trinajstić information content (AvgIpc) is 1.63. The molecule has 4 aliphatic rings. The average molecular weight is 1540 g/mol. The van der Waals surface area contributed by atoms with Crippen LogP contribution in [0.1, 0.15) is 121 Å². The summed E-state index contributed by atoms with van der Waals surface area (Å²) in [6.07, 6.45) is 7.69. The number of likely N-dealkylation sites (tertiary alicyclic amines) is 2. The normalized spacial score (nSPS) is 22.4. The summed E-state index contributed by atoms with van der Waals surface area (Å²) in [5.41, 5.74) is 35.7. The van der Waals surface area contributed by atoms with Gasteiger partial charge in [0, 0.05) is 69.0 Å². The summed E-state index contributed by atoms with van der Waals surface area (Å²) < 4.78 is 0. The Hall–Kier alpha value is -8.95. The van der Waals surface area contributed by atoms with Gasteiger partial charge in [-0.25, -0.2) is 9.78 Å². The first-order valence-electron chi connectivity index (χ1n) is 35.8. The molecule has 4 unspecified atom stereocenters. The van der Waals surface area contributed by atoms with E-state index >= 15 is 0 Å². The molecule has 4 fully saturated rings. The molecule has 0 aliphatic carbocycles. The number of carboxylic acid groups (broad SMARTS) is 1. The Bertz CT molecular complexity index is 3370. The predicted molar refractivity (Wildman–Crippen MR) is 401 cm³/mol. The molecule has 586 valence electrons. The topological polar surface area (TPSA) is 570 Å². The standard InChI is InChI=1S/C67H106N22O14S3/c1-38(2)30-46-57(94)86-49(36-106-105-35-41(69)54(91)81-44(18-10-25-76-67(72)73)63(100)88-27-12-20-51(88)61(98)80-43(56(93)83-46)17-9-24-75-66(70)71)59(96)84-47(32-40-33-74-37-78-40)58(95)79-42(16-7-8-23-68)55(92)77-34-53(90)87-26-11-19-50(87)60(97)82-45(22-29-104-3)64(101)89-28-13-21-52(89)62(99)85-48(65(102)103)31-39-14-5-4-6-15-39/h4-6,14-15,33,37-38,41-52H,7-13,16-32,34-36,68-69H2,1-3H3,(H,74,78)(H,77,92)(H,79,95)(H,80,98)(H,81,91)(H,82,97)(H,83,93)(H,84,96)(H,85,99)(H,86,94)(H,102,103)(H4,70,71,75)(H4,72,73,76)/t41-,42?,43-,44-,45?,46-,47?,48?,49-,50-,51-,52-/m0/s1. The van der Waals surface area contributed by atoms with E-state index in [1.165, 1.54) is 39.0 Å². The number of aromatic amines is 1. The van der Waals surface area contributed by atoms with Gasteiger partial charge >= 0.3 is 5.97 Å². The van der Waals surface area contributed by atoms with Crippen LogP contribution in [0.25, 0.3) is 0 Å². The van der Waals surface area contributed by atoms with Crippen LogP contribution in [0.3, 0.4) is 0 Å². The van der Waals surface area contributed by atoms with Gasteiger partial charge in [0.25, 0.3) is 0 Å². The van der Waals surface area contributed by atoms with Gasteiger partial charge in [0.15, 0.2) is 11.9 Å². The van der Waals surface area contributed by atoms with E-state index in [-0.39, 0.29) is 146 Å². The number of carbonyl (C=O) groups excluding carboxylic acids is 12. The molecule has 0 bridgehead atoms. The highest BCUT2D eigenvalue weighted by atomic mass is 33.1. The number of guanidine groups is 2. The number of hydrogen-bond acceptors (Lipinski definition) is 21. The van der Waals surface area contributed by atoms with E-state index in [1.807, 2.05) is 6.26 Å². The zero-order chi connectivity index (χ0) is 77.4. The molecule has 0 spiro atoms. The van der Waals surface area contributed by atoms with E-state index in [4.69, 9.17) is 34.4 Å². The van der Waals surface area contributed by atoms with Crippen LogP contribution >= 0.6 is 33.3 Å². The van der Waals surface area contributed by atoms with Crippen molar-refractivity contribution in [3.05, 3.63) is 54.1 Å². The molecule has 2 aromatic rings. The van der Waals surface area contributed by atoms with Crippen LogP contribution < -0.4 is 82.3 Å². The predicted octanol–water partition coefficient (Wildman–Crippen LogP) is -4.00. The second-order valence-corrected chi connectivity index (χ2v) is 30.4. The summed E-state index contributed by atoms with van der Waals surface area (Å²) in [6.45, 7) is 3.83. The van der Waals surface area contributed by atoms with Crippen molar-refractivity contribution >= 4 is 122 Å². The first-order chi connectivity index (χ1) is 50.7. The molecule has 0 radical (unpaired) electrons. The zero-order valence-corrected chi connectivity index (χ0v) is 62.7. The molecule has 36 nitrogen and oxygen atoms in total. The Balaban J connectivity index is 1.19. The van der Waals surface area contributed by atoms with E-state index in [1.54, 1.807) is 44.2 Å². The number of nitrogens with two attached hydrogens (primary N) is 6. The molecule has 6 rings (SSSR count). The van der Waals surface area contributed by atoms with Crippen molar-refractivity contribution in [1.29, 1.82) is 0 Å². The van der Waals surface area contributed by atoms with Gasteiger partial charge < -0.3 is 107 Å². The van der Waals surface area contributed by atoms with Gasteiger partial charge in [0.05, 0.1) is 18.9 Å². The summed E-state index contributed by atoms with van der Waals surface area (Å²) in [5, 5.41) is 34.6. The fourth-order valence-electron chi connectivity index (χ4n) is 12.8. The van der Waals surface area contributed by atoms with Crippen LogP contribution in [0, 0.1) is 5.92 Å². The number of imidazole rings is 1. The lowest BCUT2D eigenvalue weighted by molar-refractivity contribution is -0.145. The maximum absolute atomic E-state index is 14.9. The monoisotopic (exact) mass is 1540 g/mol. The third-order valence-electron chi connectivity index (χ3n) is 18.3. The maximum atomic E-state index is 14.9. The van der Waals surface area contributed by atoms with E-state index in [2.05, 4.69) is 67.8 Å². The minimum absolute atomic E-state index is 0.00709. The first kappa shape index (κ1) is 86.0. The first-order valence-corrected chi connectivity index (χ1v) is 39.7. The van der Waals surface area contributed by atoms with Crippen LogP contribution in [0.15, 0.2) is 52.8 Å². The number of H-pyrrole nitrogens is 1. The lowest BCUT2D eigenvalue weighted by Gasteiger charge is -2.31. The van der Waals surface area contributed by atoms with Crippen molar-refractivity contribution in [3.8, 4) is 0 Å². The van der Waals surface area contributed by atoms with Gasteiger partial charge in [-0.1, -0.05) is 65.8 Å². The van der Waals surface area contributed by atoms with Gasteiger partial charge in [0.2, 0.25) is 70.9 Å². The van der Waals surface area contributed by atoms with Crippen molar-refractivity contribution in [2.45, 2.75) is 196 Å². The third kappa shape index (κ3) is 27.4. The Labute approximate surface area is 628 Å². The highest BCUT2D eigenvalue weighted by molar-refractivity contribution is 8.76. The number of aliphatic carboxylic acids is 1. The Morgan fingerprint density at radius 3 is 1.90 bits per heavy atom. The summed E-state index contributed by atoms with van der Waals surface area (Å²) in [7, 11) is 2.10. The van der Waals surface area contributed by atoms with Gasteiger partial charge in [-0.2, -0.15) is 11.8 Å². The molecule has 12 amide bonds. The lowest BCUT2D eigenvalue weighted by atomic mass is 10.0. The fraction of sp³-hybridized carbons (Fsp3) is 0.642. The molecule has 39 heteroatoms. The summed E-state index contributed by atoms with van der Waals surface area (Å²) >= 11 is 1.43. The second-order valence-electron chi connectivity index (χ2n) is 26.9. The Morgan fingerprint density at radius 2 is 1.26 bits per heavy atom. The molecule has 5 heterocycles. The van der Waals surface area contributed by atoms with Crippen molar-refractivity contribution in [2.75, 3.05) is 69.3 Å². The molecule has 4 saturated heterocycles. The minimum Gasteiger partial charge on any atom is -0.480 e. The van der Waals surface area contributed by atoms with Crippen molar-refractivity contribution in [2.24, 2.45) is 50.3 Å². The van der Waals surface area contributed by atoms with E-state index in [0.29, 0.717) is 49.1 Å². The molecule has 1 aromatic heterocycles. The molecule has 23 N–H and O–H groups in total. The SMILES string of the molecule is CSCCC(NC(=O)[C@@H]1CCCN1C(=O)CNC(=O)C(CCCCN)NC(=O)C(Cc1cnc[nH]1)NC(=O)[C@@H]1CSSC[C@H](N)C(=O)N[C@@H](CCCN=C(N)N)C(=O)N2CCC[C@H]2C(=O)N[C@@H](CCCN=C(N)N)C(=O)N[C@@H](CC(C)C)C(=O)N1)C(=O)N1CCC[C@H]1C(=O)NC(Cc1ccccc1)C(=O)O. The molecule has 106 heavy (non-hydrogen) atoms. The number of unbranched alkanes of at least 4 members (excludes halogenated alkanes) is 1. The number of amides is 12. The molecule has 12 atom stereocenters. The lowest BCUT2D eigenvalue weighted by Crippen LogP contribution is -2.61. The summed E-state index contributed by atoms with van der Waals surface area (Å²) in [4.78, 5) is 204. The fourth-order valence-corrected chi connectivity index (χ4v) is 15.5. The number of carbonyl (C=O) groups is 13. The van der Waals surface area contributed by atoms with Crippen molar-refractivity contribution in [1.82, 2.24) is 72.5 Å². The number of nitrogens with zero attached hydrogens (tertiary/aromatic N) is 6. The van der Waals surface area contributed by atoms with Crippen molar-refractivity contribution < 1.29 is 67.4 Å². The highest BCUT2D eigenvalue weighted by Crippen LogP contribution is 2.26. The van der Waals surface area contributed by atoms with Crippen LogP contribution in [0.2, 0.25) is 0 Å². The minimum atomic E-state index is -1.49. The highest BCUT2D eigenvalue weighted by Gasteiger charge is 2.44. The molecular formula is C67H106N22O14S3. The van der Waals surface area contributed by atoms with E-state index in [9.17, 15) is 67.4 Å². The number of nitrogens with one attached hydrogen (secondary N) is 10. The van der Waals surface area contributed by atoms with E-state index < -0.39 is 156 Å². The Kier molecular flexibility index (Phi) is 35.9. The number of hydrogen-bond donors (Lipinski definition) is 17. The van der Waals surface area contributed by atoms with Gasteiger partial charge in [0.1, 0.15) is 66.5 Å². The smallest absolute Gasteiger partial charge is 0.326 e. The van der Waals surface area contributed by atoms with Crippen LogP contribution in [-0.2, 0) is 75.2 Å². The van der Waals surface area contributed by atoms with Gasteiger partial charge in [-0.3, -0.25) is 67.5 Å². The summed E-state index contributed by atoms with van der Waals surface area (Å²) in [6, 6.07) is -6.11. The zero-order valence-electron chi connectivity index (χ0n) is 60.3. The van der Waals surface area contributed by atoms with E-state index in [0.717, 1.165) is 21.6 Å². The number of aromatic nitrogens is 2. The van der Waals surface area contributed by atoms with Gasteiger partial charge in [-0.05, 0) is 126 Å². The molecule has 1 aromatic carbocycles. The van der Waals surface area contributed by atoms with Crippen LogP contribution in [0.4, 0.5) is 0 Å². The third-order valence-corrected chi connectivity index (χ3v) is 21.4. The molecule has 4 aliphatic heterocycles. The van der Waals surface area contributed by atoms with Crippen LogP contribution in [0.5, 0.6) is 0 Å². The number of benzene rings is 1. The second kappa shape index (κ2) is 44.2. The number of rotatable bonds is 34. The van der Waals surface area contributed by atoms with Crippen LogP contribution in [-0.4, -0.2) is 260 Å². The number of carboxylic acids is 1. The quantitative estimate of drug-likeness (QED) is 0.0137.